The molecule has 1 aliphatic heterocycles. The smallest absolute Gasteiger partial charge is 0.220 e. The van der Waals surface area contributed by atoms with Crippen LogP contribution in [0.1, 0.15) is 30.1 Å². The highest BCUT2D eigenvalue weighted by Crippen LogP contribution is 2.31. The third-order valence-corrected chi connectivity index (χ3v) is 4.41. The van der Waals surface area contributed by atoms with E-state index >= 15 is 0 Å². The van der Waals surface area contributed by atoms with Crippen LogP contribution in [0, 0.1) is 5.82 Å². The normalized spacial score (nSPS) is 20.1. The largest absolute Gasteiger partial charge is 0.371 e. The van der Waals surface area contributed by atoms with Gasteiger partial charge in [0.05, 0.1) is 11.1 Å². The van der Waals surface area contributed by atoms with E-state index in [-0.39, 0.29) is 23.1 Å². The van der Waals surface area contributed by atoms with Crippen LogP contribution in [0.25, 0.3) is 0 Å². The highest BCUT2D eigenvalue weighted by atomic mass is 35.5. The average Bonchev–Trinajstić information content (AvgIpc) is 3.04. The van der Waals surface area contributed by atoms with Gasteiger partial charge in [0, 0.05) is 25.4 Å². The Kier molecular flexibility index (Phi) is 5.43. The number of benzene rings is 1. The molecule has 126 valence electrons. The van der Waals surface area contributed by atoms with Crippen molar-refractivity contribution in [2.24, 2.45) is 0 Å². The van der Waals surface area contributed by atoms with E-state index in [0.29, 0.717) is 31.4 Å². The molecule has 0 unspecified atom stereocenters. The van der Waals surface area contributed by atoms with Gasteiger partial charge in [0.25, 0.3) is 0 Å². The topological polar surface area (TPSA) is 51.2 Å². The fourth-order valence-electron chi connectivity index (χ4n) is 2.84. The Hall–Kier alpha value is -1.98. The zero-order valence-corrected chi connectivity index (χ0v) is 13.8. The van der Waals surface area contributed by atoms with Gasteiger partial charge in [-0.1, -0.05) is 17.7 Å². The third kappa shape index (κ3) is 4.10. The van der Waals surface area contributed by atoms with Gasteiger partial charge in [0.2, 0.25) is 5.91 Å². The first-order chi connectivity index (χ1) is 11.6. The molecule has 1 N–H and O–H groups in total. The molecule has 1 aliphatic rings. The molecule has 0 aliphatic carbocycles. The van der Waals surface area contributed by atoms with Crippen LogP contribution in [0.2, 0.25) is 5.02 Å². The zero-order valence-electron chi connectivity index (χ0n) is 13.0. The van der Waals surface area contributed by atoms with E-state index in [1.165, 1.54) is 12.1 Å². The number of nitrogens with one attached hydrogen (secondary N) is 1. The van der Waals surface area contributed by atoms with Gasteiger partial charge < -0.3 is 10.1 Å². The number of carbonyl (C=O) groups excluding carboxylic acids is 1. The lowest BCUT2D eigenvalue weighted by Gasteiger charge is -2.20. The molecule has 1 fully saturated rings. The van der Waals surface area contributed by atoms with E-state index in [1.54, 1.807) is 18.5 Å². The minimum absolute atomic E-state index is 0.0400. The first kappa shape index (κ1) is 16.9. The van der Waals surface area contributed by atoms with Gasteiger partial charge in [-0.25, -0.2) is 4.39 Å². The van der Waals surface area contributed by atoms with Gasteiger partial charge >= 0.3 is 0 Å². The molecule has 0 spiro atoms. The Labute approximate surface area is 145 Å². The molecule has 2 atom stereocenters. The molecule has 6 heteroatoms. The molecule has 1 saturated heterocycles. The summed E-state index contributed by atoms with van der Waals surface area (Å²) in [4.78, 5) is 16.1. The van der Waals surface area contributed by atoms with Gasteiger partial charge in [-0.2, -0.15) is 0 Å². The molecular formula is C18H18ClFN2O2. The maximum atomic E-state index is 13.7. The van der Waals surface area contributed by atoms with E-state index in [0.717, 1.165) is 5.56 Å². The summed E-state index contributed by atoms with van der Waals surface area (Å²) < 4.78 is 19.3. The van der Waals surface area contributed by atoms with Crippen LogP contribution in [-0.2, 0) is 16.0 Å². The summed E-state index contributed by atoms with van der Waals surface area (Å²) in [6.45, 7) is 0.532. The average molecular weight is 349 g/mol. The van der Waals surface area contributed by atoms with Gasteiger partial charge in [0.1, 0.15) is 11.9 Å². The highest BCUT2D eigenvalue weighted by molar-refractivity contribution is 6.30. The minimum atomic E-state index is -0.479. The van der Waals surface area contributed by atoms with Gasteiger partial charge in [-0.05, 0) is 48.2 Å². The monoisotopic (exact) mass is 348 g/mol. The second-order valence-electron chi connectivity index (χ2n) is 5.78. The number of hydrogen-bond donors (Lipinski definition) is 1. The van der Waals surface area contributed by atoms with Crippen molar-refractivity contribution in [3.63, 3.8) is 0 Å². The molecule has 0 saturated carbocycles. The van der Waals surface area contributed by atoms with Crippen molar-refractivity contribution >= 4 is 17.5 Å². The van der Waals surface area contributed by atoms with Gasteiger partial charge in [0.15, 0.2) is 0 Å². The summed E-state index contributed by atoms with van der Waals surface area (Å²) in [5.41, 5.74) is 1.76. The first-order valence-electron chi connectivity index (χ1n) is 7.88. The van der Waals surface area contributed by atoms with Crippen LogP contribution in [-0.4, -0.2) is 23.5 Å². The Morgan fingerprint density at radius 1 is 1.33 bits per heavy atom. The summed E-state index contributed by atoms with van der Waals surface area (Å²) in [7, 11) is 0. The van der Waals surface area contributed by atoms with E-state index in [4.69, 9.17) is 16.3 Å². The number of aryl methyl sites for hydroxylation is 1. The molecule has 24 heavy (non-hydrogen) atoms. The standard InChI is InChI=1S/C18H18ClFN2O2/c19-14-3-2-13(11-15(14)20)18-16(7-10-24-18)22-17(23)4-1-12-5-8-21-9-6-12/h2-3,5-6,8-9,11,16,18H,1,4,7,10H2,(H,22,23)/t16-,18+/m0/s1. The fourth-order valence-corrected chi connectivity index (χ4v) is 2.96. The molecule has 2 heterocycles. The number of hydrogen-bond acceptors (Lipinski definition) is 3. The van der Waals surface area contributed by atoms with Crippen molar-refractivity contribution in [1.82, 2.24) is 10.3 Å². The van der Waals surface area contributed by atoms with Crippen molar-refractivity contribution < 1.29 is 13.9 Å². The summed E-state index contributed by atoms with van der Waals surface area (Å²) in [5, 5.41) is 3.08. The zero-order chi connectivity index (χ0) is 16.9. The summed E-state index contributed by atoms with van der Waals surface area (Å²) in [5.74, 6) is -0.519. The predicted octanol–water partition coefficient (Wildman–Crippen LogP) is 3.45. The first-order valence-corrected chi connectivity index (χ1v) is 8.26. The number of aromatic nitrogens is 1. The summed E-state index contributed by atoms with van der Waals surface area (Å²) in [6, 6.07) is 8.24. The number of halogens is 2. The van der Waals surface area contributed by atoms with Crippen molar-refractivity contribution in [2.75, 3.05) is 6.61 Å². The van der Waals surface area contributed by atoms with Crippen molar-refractivity contribution in [1.29, 1.82) is 0 Å². The van der Waals surface area contributed by atoms with Crippen LogP contribution < -0.4 is 5.32 Å². The number of amides is 1. The number of carbonyl (C=O) groups is 1. The van der Waals surface area contributed by atoms with Gasteiger partial charge in [-0.3, -0.25) is 9.78 Å². The Morgan fingerprint density at radius 2 is 2.12 bits per heavy atom. The lowest BCUT2D eigenvalue weighted by atomic mass is 10.0. The quantitative estimate of drug-likeness (QED) is 0.900. The van der Waals surface area contributed by atoms with Crippen LogP contribution in [0.15, 0.2) is 42.7 Å². The maximum Gasteiger partial charge on any atom is 0.220 e. The van der Waals surface area contributed by atoms with E-state index in [2.05, 4.69) is 10.3 Å². The molecule has 0 bridgehead atoms. The lowest BCUT2D eigenvalue weighted by Crippen LogP contribution is -2.36. The maximum absolute atomic E-state index is 13.7. The Morgan fingerprint density at radius 3 is 2.88 bits per heavy atom. The summed E-state index contributed by atoms with van der Waals surface area (Å²) in [6.07, 6.45) is 4.83. The predicted molar refractivity (Wildman–Crippen MR) is 89.2 cm³/mol. The van der Waals surface area contributed by atoms with Gasteiger partial charge in [-0.15, -0.1) is 0 Å². The lowest BCUT2D eigenvalue weighted by molar-refractivity contribution is -0.122. The van der Waals surface area contributed by atoms with Crippen LogP contribution >= 0.6 is 11.6 Å². The summed E-state index contributed by atoms with van der Waals surface area (Å²) >= 11 is 5.72. The van der Waals surface area contributed by atoms with E-state index < -0.39 is 5.82 Å². The minimum Gasteiger partial charge on any atom is -0.371 e. The number of nitrogens with zero attached hydrogens (tertiary/aromatic N) is 1. The van der Waals surface area contributed by atoms with Crippen molar-refractivity contribution in [3.8, 4) is 0 Å². The molecular weight excluding hydrogens is 331 g/mol. The fraction of sp³-hybridized carbons (Fsp3) is 0.333. The molecule has 1 amide bonds. The number of ether oxygens (including phenoxy) is 1. The number of rotatable bonds is 5. The molecule has 2 aromatic rings. The molecule has 1 aromatic carbocycles. The van der Waals surface area contributed by atoms with Crippen molar-refractivity contribution in [3.05, 3.63) is 64.7 Å². The van der Waals surface area contributed by atoms with Crippen molar-refractivity contribution in [2.45, 2.75) is 31.4 Å². The highest BCUT2D eigenvalue weighted by Gasteiger charge is 2.31. The molecule has 0 radical (unpaired) electrons. The van der Waals surface area contributed by atoms with E-state index in [9.17, 15) is 9.18 Å². The Bertz CT molecular complexity index is 711. The second-order valence-corrected chi connectivity index (χ2v) is 6.19. The molecule has 4 nitrogen and oxygen atoms in total. The molecule has 3 rings (SSSR count). The Balaban J connectivity index is 1.59. The van der Waals surface area contributed by atoms with Crippen LogP contribution in [0.5, 0.6) is 0 Å². The number of pyridine rings is 1. The second kappa shape index (κ2) is 7.73. The van der Waals surface area contributed by atoms with Crippen LogP contribution in [0.4, 0.5) is 4.39 Å². The van der Waals surface area contributed by atoms with E-state index in [1.807, 2.05) is 12.1 Å². The molecule has 1 aromatic heterocycles. The van der Waals surface area contributed by atoms with Crippen LogP contribution in [0.3, 0.4) is 0 Å². The SMILES string of the molecule is O=C(CCc1ccncc1)N[C@H]1CCO[C@@H]1c1ccc(Cl)c(F)c1. The third-order valence-electron chi connectivity index (χ3n) is 4.10.